The lowest BCUT2D eigenvalue weighted by Crippen LogP contribution is -2.16. The zero-order valence-corrected chi connectivity index (χ0v) is 20.6. The molecule has 0 spiro atoms. The van der Waals surface area contributed by atoms with E-state index in [9.17, 15) is 9.59 Å². The number of ether oxygens (including phenoxy) is 1. The summed E-state index contributed by atoms with van der Waals surface area (Å²) < 4.78 is 5.36. The van der Waals surface area contributed by atoms with Gasteiger partial charge in [-0.05, 0) is 41.7 Å². The van der Waals surface area contributed by atoms with E-state index in [1.807, 2.05) is 84.3 Å². The molecule has 0 atom stereocenters. The number of hydrogen-bond acceptors (Lipinski definition) is 4. The van der Waals surface area contributed by atoms with E-state index in [0.717, 1.165) is 28.7 Å². The van der Waals surface area contributed by atoms with Crippen molar-refractivity contribution in [3.8, 4) is 11.1 Å². The van der Waals surface area contributed by atoms with Gasteiger partial charge in [-0.2, -0.15) is 0 Å². The molecule has 1 N–H and O–H groups in total. The minimum absolute atomic E-state index is 0.249. The second-order valence-corrected chi connectivity index (χ2v) is 8.79. The standard InChI is InChI=1S/C30H27NO3S/c1-3-21-15-17-24(18-16-21)26-20-35-29(27(26)30(33)34-4-2)31-28(32)25(23-13-9-6-10-14-23)19-22-11-7-5-8-12-22/h5-20H,3-4H2,1-2H3,(H,31,32)/b25-19+. The maximum absolute atomic E-state index is 13.6. The number of carbonyl (C=O) groups excluding carboxylic acids is 2. The number of thiophene rings is 1. The Labute approximate surface area is 209 Å². The summed E-state index contributed by atoms with van der Waals surface area (Å²) >= 11 is 1.32. The highest BCUT2D eigenvalue weighted by Crippen LogP contribution is 2.37. The summed E-state index contributed by atoms with van der Waals surface area (Å²) in [6, 6.07) is 27.3. The highest BCUT2D eigenvalue weighted by molar-refractivity contribution is 7.15. The van der Waals surface area contributed by atoms with E-state index in [1.54, 1.807) is 6.92 Å². The molecule has 1 aromatic heterocycles. The summed E-state index contributed by atoms with van der Waals surface area (Å²) in [7, 11) is 0. The molecule has 4 aromatic rings. The Kier molecular flexibility index (Phi) is 7.91. The first kappa shape index (κ1) is 24.2. The van der Waals surface area contributed by atoms with Crippen molar-refractivity contribution in [2.45, 2.75) is 20.3 Å². The number of carbonyl (C=O) groups is 2. The highest BCUT2D eigenvalue weighted by atomic mass is 32.1. The number of esters is 1. The van der Waals surface area contributed by atoms with Crippen LogP contribution in [0, 0.1) is 0 Å². The molecule has 0 radical (unpaired) electrons. The summed E-state index contributed by atoms with van der Waals surface area (Å²) in [4.78, 5) is 26.5. The Bertz CT molecular complexity index is 1320. The fraction of sp³-hybridized carbons (Fsp3) is 0.133. The number of amides is 1. The van der Waals surface area contributed by atoms with Crippen LogP contribution >= 0.6 is 11.3 Å². The molecule has 0 saturated heterocycles. The second-order valence-electron chi connectivity index (χ2n) is 7.91. The van der Waals surface area contributed by atoms with Gasteiger partial charge in [-0.3, -0.25) is 4.79 Å². The molecule has 0 saturated carbocycles. The number of hydrogen-bond donors (Lipinski definition) is 1. The topological polar surface area (TPSA) is 55.4 Å². The minimum atomic E-state index is -0.452. The molecule has 1 heterocycles. The first-order chi connectivity index (χ1) is 17.1. The van der Waals surface area contributed by atoms with E-state index in [1.165, 1.54) is 16.9 Å². The third-order valence-corrected chi connectivity index (χ3v) is 6.51. The largest absolute Gasteiger partial charge is 0.462 e. The quantitative estimate of drug-likeness (QED) is 0.163. The van der Waals surface area contributed by atoms with Crippen LogP contribution in [0.3, 0.4) is 0 Å². The normalized spacial score (nSPS) is 11.2. The molecule has 176 valence electrons. The van der Waals surface area contributed by atoms with Crippen LogP contribution in [-0.2, 0) is 16.0 Å². The van der Waals surface area contributed by atoms with Crippen molar-refractivity contribution in [3.05, 3.63) is 113 Å². The Hall–Kier alpha value is -3.96. The van der Waals surface area contributed by atoms with E-state index in [4.69, 9.17) is 4.74 Å². The van der Waals surface area contributed by atoms with Crippen molar-refractivity contribution < 1.29 is 14.3 Å². The van der Waals surface area contributed by atoms with Crippen LogP contribution in [0.15, 0.2) is 90.3 Å². The molecule has 1 amide bonds. The van der Waals surface area contributed by atoms with E-state index in [0.29, 0.717) is 16.1 Å². The molecule has 4 rings (SSSR count). The van der Waals surface area contributed by atoms with Gasteiger partial charge in [0.15, 0.2) is 0 Å². The Balaban J connectivity index is 1.73. The summed E-state index contributed by atoms with van der Waals surface area (Å²) in [5.74, 6) is -0.743. The third kappa shape index (κ3) is 5.76. The Morgan fingerprint density at radius 2 is 1.54 bits per heavy atom. The van der Waals surface area contributed by atoms with Gasteiger partial charge in [-0.25, -0.2) is 4.79 Å². The SMILES string of the molecule is CCOC(=O)c1c(-c2ccc(CC)cc2)csc1NC(=O)/C(=C/c1ccccc1)c1ccccc1. The second kappa shape index (κ2) is 11.4. The van der Waals surface area contributed by atoms with E-state index < -0.39 is 5.97 Å². The summed E-state index contributed by atoms with van der Waals surface area (Å²) in [6.45, 7) is 4.12. The lowest BCUT2D eigenvalue weighted by molar-refractivity contribution is -0.111. The van der Waals surface area contributed by atoms with Gasteiger partial charge in [0.2, 0.25) is 0 Å². The lowest BCUT2D eigenvalue weighted by atomic mass is 10.0. The summed E-state index contributed by atoms with van der Waals surface area (Å²) in [5.41, 5.74) is 5.46. The van der Waals surface area contributed by atoms with Gasteiger partial charge in [0.1, 0.15) is 10.6 Å². The van der Waals surface area contributed by atoms with Gasteiger partial charge in [0, 0.05) is 16.5 Å². The number of anilines is 1. The number of rotatable bonds is 8. The van der Waals surface area contributed by atoms with Crippen molar-refractivity contribution in [2.24, 2.45) is 0 Å². The summed E-state index contributed by atoms with van der Waals surface area (Å²) in [6.07, 6.45) is 2.79. The van der Waals surface area contributed by atoms with Crippen molar-refractivity contribution in [3.63, 3.8) is 0 Å². The highest BCUT2D eigenvalue weighted by Gasteiger charge is 2.24. The summed E-state index contributed by atoms with van der Waals surface area (Å²) in [5, 5.41) is 5.36. The van der Waals surface area contributed by atoms with Gasteiger partial charge in [-0.1, -0.05) is 91.9 Å². The van der Waals surface area contributed by atoms with Crippen molar-refractivity contribution >= 4 is 39.9 Å². The smallest absolute Gasteiger partial charge is 0.341 e. The molecule has 5 heteroatoms. The Morgan fingerprint density at radius 3 is 2.17 bits per heavy atom. The van der Waals surface area contributed by atoms with Crippen LogP contribution in [0.1, 0.15) is 40.9 Å². The first-order valence-electron chi connectivity index (χ1n) is 11.6. The predicted molar refractivity (Wildman–Crippen MR) is 144 cm³/mol. The molecule has 0 bridgehead atoms. The number of benzene rings is 3. The monoisotopic (exact) mass is 481 g/mol. The molecule has 0 unspecified atom stereocenters. The van der Waals surface area contributed by atoms with Crippen LogP contribution in [0.2, 0.25) is 0 Å². The average molecular weight is 482 g/mol. The van der Waals surface area contributed by atoms with Gasteiger partial charge in [-0.15, -0.1) is 11.3 Å². The number of nitrogens with one attached hydrogen (secondary N) is 1. The van der Waals surface area contributed by atoms with Crippen LogP contribution in [-0.4, -0.2) is 18.5 Å². The van der Waals surface area contributed by atoms with E-state index >= 15 is 0 Å². The van der Waals surface area contributed by atoms with Crippen molar-refractivity contribution in [1.82, 2.24) is 0 Å². The van der Waals surface area contributed by atoms with Crippen LogP contribution < -0.4 is 5.32 Å². The maximum Gasteiger partial charge on any atom is 0.341 e. The van der Waals surface area contributed by atoms with Crippen molar-refractivity contribution in [2.75, 3.05) is 11.9 Å². The number of aryl methyl sites for hydroxylation is 1. The molecular formula is C30H27NO3S. The van der Waals surface area contributed by atoms with Gasteiger partial charge < -0.3 is 10.1 Å². The van der Waals surface area contributed by atoms with Gasteiger partial charge in [0.25, 0.3) is 5.91 Å². The molecule has 4 nitrogen and oxygen atoms in total. The fourth-order valence-electron chi connectivity index (χ4n) is 3.77. The zero-order chi connectivity index (χ0) is 24.6. The Morgan fingerprint density at radius 1 is 0.886 bits per heavy atom. The molecular weight excluding hydrogens is 454 g/mol. The zero-order valence-electron chi connectivity index (χ0n) is 19.8. The van der Waals surface area contributed by atoms with E-state index in [-0.39, 0.29) is 12.5 Å². The van der Waals surface area contributed by atoms with Gasteiger partial charge >= 0.3 is 5.97 Å². The molecule has 0 aliphatic heterocycles. The first-order valence-corrected chi connectivity index (χ1v) is 12.5. The van der Waals surface area contributed by atoms with E-state index in [2.05, 4.69) is 24.4 Å². The molecule has 0 fully saturated rings. The molecule has 35 heavy (non-hydrogen) atoms. The third-order valence-electron chi connectivity index (χ3n) is 5.61. The minimum Gasteiger partial charge on any atom is -0.462 e. The predicted octanol–water partition coefficient (Wildman–Crippen LogP) is 7.33. The molecule has 0 aliphatic rings. The van der Waals surface area contributed by atoms with Crippen molar-refractivity contribution in [1.29, 1.82) is 0 Å². The van der Waals surface area contributed by atoms with Crippen LogP contribution in [0.5, 0.6) is 0 Å². The molecule has 0 aliphatic carbocycles. The molecule has 3 aromatic carbocycles. The lowest BCUT2D eigenvalue weighted by Gasteiger charge is -2.11. The van der Waals surface area contributed by atoms with Crippen LogP contribution in [0.25, 0.3) is 22.8 Å². The average Bonchev–Trinajstić information content (AvgIpc) is 3.32. The maximum atomic E-state index is 13.6. The van der Waals surface area contributed by atoms with Crippen LogP contribution in [0.4, 0.5) is 5.00 Å². The fourth-order valence-corrected chi connectivity index (χ4v) is 4.72. The van der Waals surface area contributed by atoms with Gasteiger partial charge in [0.05, 0.1) is 6.61 Å².